The van der Waals surface area contributed by atoms with E-state index >= 15 is 0 Å². The summed E-state index contributed by atoms with van der Waals surface area (Å²) in [5, 5.41) is 10.5. The van der Waals surface area contributed by atoms with Crippen LogP contribution >= 0.6 is 0 Å². The summed E-state index contributed by atoms with van der Waals surface area (Å²) in [6.45, 7) is 6.71. The molecule has 2 rings (SSSR count). The second-order valence-corrected chi connectivity index (χ2v) is 5.12. The molecule has 0 saturated carbocycles. The zero-order valence-corrected chi connectivity index (χ0v) is 12.4. The van der Waals surface area contributed by atoms with Crippen molar-refractivity contribution in [2.45, 2.75) is 33.3 Å². The number of aliphatic hydroxyl groups excluding tert-OH is 1. The molecule has 106 valence electrons. The van der Waals surface area contributed by atoms with Gasteiger partial charge >= 0.3 is 0 Å². The number of aryl methyl sites for hydroxylation is 2. The van der Waals surface area contributed by atoms with Gasteiger partial charge in [-0.2, -0.15) is 0 Å². The van der Waals surface area contributed by atoms with Crippen LogP contribution in [0.2, 0.25) is 0 Å². The molecule has 0 aliphatic carbocycles. The van der Waals surface area contributed by atoms with Crippen LogP contribution < -0.4 is 4.74 Å². The van der Waals surface area contributed by atoms with Gasteiger partial charge in [-0.1, -0.05) is 42.0 Å². The van der Waals surface area contributed by atoms with Crippen LogP contribution in [0.25, 0.3) is 0 Å². The van der Waals surface area contributed by atoms with Crippen LogP contribution in [-0.2, 0) is 6.42 Å². The second-order valence-electron chi connectivity index (χ2n) is 5.12. The van der Waals surface area contributed by atoms with Crippen LogP contribution in [0.15, 0.2) is 42.5 Å². The van der Waals surface area contributed by atoms with Gasteiger partial charge in [0.2, 0.25) is 0 Å². The first-order chi connectivity index (χ1) is 9.61. The van der Waals surface area contributed by atoms with Crippen LogP contribution in [0, 0.1) is 13.8 Å². The first-order valence-electron chi connectivity index (χ1n) is 7.07. The minimum absolute atomic E-state index is 0.543. The molecule has 1 unspecified atom stereocenters. The highest BCUT2D eigenvalue weighted by atomic mass is 16.5. The van der Waals surface area contributed by atoms with Crippen molar-refractivity contribution in [1.29, 1.82) is 0 Å². The molecule has 2 aromatic rings. The van der Waals surface area contributed by atoms with Gasteiger partial charge in [0.1, 0.15) is 5.75 Å². The molecule has 2 aromatic carbocycles. The van der Waals surface area contributed by atoms with Gasteiger partial charge in [-0.3, -0.25) is 0 Å². The van der Waals surface area contributed by atoms with E-state index in [1.54, 1.807) is 0 Å². The van der Waals surface area contributed by atoms with Gasteiger partial charge in [0, 0.05) is 12.0 Å². The minimum Gasteiger partial charge on any atom is -0.493 e. The zero-order chi connectivity index (χ0) is 14.5. The Morgan fingerprint density at radius 3 is 2.60 bits per heavy atom. The van der Waals surface area contributed by atoms with E-state index in [0.717, 1.165) is 11.3 Å². The van der Waals surface area contributed by atoms with Gasteiger partial charge in [0.05, 0.1) is 12.7 Å². The molecule has 0 radical (unpaired) electrons. The molecule has 2 nitrogen and oxygen atoms in total. The van der Waals surface area contributed by atoms with E-state index in [-0.39, 0.29) is 0 Å². The summed E-state index contributed by atoms with van der Waals surface area (Å²) in [6.07, 6.45) is 0.0654. The molecule has 0 aliphatic heterocycles. The van der Waals surface area contributed by atoms with E-state index in [1.165, 1.54) is 16.7 Å². The summed E-state index contributed by atoms with van der Waals surface area (Å²) < 4.78 is 5.59. The molecule has 0 aliphatic rings. The van der Waals surface area contributed by atoms with Gasteiger partial charge in [-0.05, 0) is 38.0 Å². The third-order valence-corrected chi connectivity index (χ3v) is 3.50. The quantitative estimate of drug-likeness (QED) is 0.890. The number of benzene rings is 2. The Morgan fingerprint density at radius 2 is 1.85 bits per heavy atom. The monoisotopic (exact) mass is 270 g/mol. The maximum absolute atomic E-state index is 10.5. The molecule has 20 heavy (non-hydrogen) atoms. The number of para-hydroxylation sites is 1. The number of hydrogen-bond donors (Lipinski definition) is 1. The largest absolute Gasteiger partial charge is 0.493 e. The Hall–Kier alpha value is -1.80. The summed E-state index contributed by atoms with van der Waals surface area (Å²) in [4.78, 5) is 0. The van der Waals surface area contributed by atoms with Crippen molar-refractivity contribution in [2.75, 3.05) is 6.61 Å². The second kappa shape index (κ2) is 6.58. The first kappa shape index (κ1) is 14.6. The Labute approximate surface area is 121 Å². The van der Waals surface area contributed by atoms with Crippen molar-refractivity contribution in [3.05, 3.63) is 64.7 Å². The molecule has 0 saturated heterocycles. The number of hydrogen-bond acceptors (Lipinski definition) is 2. The fraction of sp³-hybridized carbons (Fsp3) is 0.333. The standard InChI is InChI=1S/C18H22O2/c1-4-20-18-8-6-5-7-16(18)17(19)12-15-11-13(2)9-10-14(15)3/h5-11,17,19H,4,12H2,1-3H3. The van der Waals surface area contributed by atoms with Crippen LogP contribution in [0.5, 0.6) is 5.75 Å². The van der Waals surface area contributed by atoms with Crippen LogP contribution in [0.1, 0.15) is 35.3 Å². The van der Waals surface area contributed by atoms with E-state index in [1.807, 2.05) is 31.2 Å². The van der Waals surface area contributed by atoms with E-state index in [9.17, 15) is 5.11 Å². The lowest BCUT2D eigenvalue weighted by Crippen LogP contribution is -2.06. The predicted molar refractivity (Wildman–Crippen MR) is 82.2 cm³/mol. The Kier molecular flexibility index (Phi) is 4.80. The van der Waals surface area contributed by atoms with Gasteiger partial charge in [0.25, 0.3) is 0 Å². The van der Waals surface area contributed by atoms with Crippen LogP contribution in [0.3, 0.4) is 0 Å². The van der Waals surface area contributed by atoms with Crippen LogP contribution in [-0.4, -0.2) is 11.7 Å². The predicted octanol–water partition coefficient (Wildman–Crippen LogP) is 3.98. The summed E-state index contributed by atoms with van der Waals surface area (Å²) in [5.74, 6) is 0.771. The lowest BCUT2D eigenvalue weighted by molar-refractivity contribution is 0.172. The molecule has 2 heteroatoms. The first-order valence-corrected chi connectivity index (χ1v) is 7.07. The Bertz CT molecular complexity index is 575. The molecule has 1 N–H and O–H groups in total. The Balaban J connectivity index is 2.23. The molecule has 0 heterocycles. The molecular formula is C18H22O2. The number of ether oxygens (including phenoxy) is 1. The van der Waals surface area contributed by atoms with Gasteiger partial charge in [-0.25, -0.2) is 0 Å². The lowest BCUT2D eigenvalue weighted by atomic mass is 9.96. The molecule has 1 atom stereocenters. The molecular weight excluding hydrogens is 248 g/mol. The van der Waals surface area contributed by atoms with E-state index in [0.29, 0.717) is 13.0 Å². The average Bonchev–Trinajstić information content (AvgIpc) is 2.44. The average molecular weight is 270 g/mol. The summed E-state index contributed by atoms with van der Waals surface area (Å²) >= 11 is 0. The van der Waals surface area contributed by atoms with Crippen LogP contribution in [0.4, 0.5) is 0 Å². The Morgan fingerprint density at radius 1 is 1.10 bits per heavy atom. The molecule has 0 fully saturated rings. The maximum atomic E-state index is 10.5. The maximum Gasteiger partial charge on any atom is 0.125 e. The number of aliphatic hydroxyl groups is 1. The summed E-state index contributed by atoms with van der Waals surface area (Å²) in [7, 11) is 0. The third kappa shape index (κ3) is 3.40. The topological polar surface area (TPSA) is 29.5 Å². The molecule has 0 aromatic heterocycles. The van der Waals surface area contributed by atoms with Crippen molar-refractivity contribution in [1.82, 2.24) is 0 Å². The van der Waals surface area contributed by atoms with Crippen molar-refractivity contribution in [2.24, 2.45) is 0 Å². The molecule has 0 amide bonds. The third-order valence-electron chi connectivity index (χ3n) is 3.50. The fourth-order valence-electron chi connectivity index (χ4n) is 2.38. The van der Waals surface area contributed by atoms with Crippen molar-refractivity contribution >= 4 is 0 Å². The number of rotatable bonds is 5. The molecule has 0 spiro atoms. The highest BCUT2D eigenvalue weighted by Crippen LogP contribution is 2.28. The minimum atomic E-state index is -0.543. The van der Waals surface area contributed by atoms with Gasteiger partial charge in [0.15, 0.2) is 0 Å². The SMILES string of the molecule is CCOc1ccccc1C(O)Cc1cc(C)ccc1C. The van der Waals surface area contributed by atoms with E-state index < -0.39 is 6.10 Å². The normalized spacial score (nSPS) is 12.2. The van der Waals surface area contributed by atoms with Gasteiger partial charge in [-0.15, -0.1) is 0 Å². The van der Waals surface area contributed by atoms with E-state index in [2.05, 4.69) is 32.0 Å². The van der Waals surface area contributed by atoms with E-state index in [4.69, 9.17) is 4.74 Å². The van der Waals surface area contributed by atoms with Crippen molar-refractivity contribution in [3.8, 4) is 5.75 Å². The lowest BCUT2D eigenvalue weighted by Gasteiger charge is -2.17. The molecule has 0 bridgehead atoms. The summed E-state index contributed by atoms with van der Waals surface area (Å²) in [6, 6.07) is 14.0. The highest BCUT2D eigenvalue weighted by Gasteiger charge is 2.14. The fourth-order valence-corrected chi connectivity index (χ4v) is 2.38. The highest BCUT2D eigenvalue weighted by molar-refractivity contribution is 5.37. The van der Waals surface area contributed by atoms with Crippen molar-refractivity contribution in [3.63, 3.8) is 0 Å². The van der Waals surface area contributed by atoms with Crippen molar-refractivity contribution < 1.29 is 9.84 Å². The summed E-state index contributed by atoms with van der Waals surface area (Å²) in [5.41, 5.74) is 4.47. The van der Waals surface area contributed by atoms with Gasteiger partial charge < -0.3 is 9.84 Å². The zero-order valence-electron chi connectivity index (χ0n) is 12.4. The smallest absolute Gasteiger partial charge is 0.125 e.